The number of likely N-dealkylation sites (N-methyl/N-ethyl adjacent to an activating group) is 1. The first kappa shape index (κ1) is 17.4. The molecular formula is C17H25N3O3. The van der Waals surface area contributed by atoms with Crippen molar-refractivity contribution in [2.75, 3.05) is 27.2 Å². The summed E-state index contributed by atoms with van der Waals surface area (Å²) in [5, 5.41) is 10.5. The lowest BCUT2D eigenvalue weighted by Gasteiger charge is -2.36. The molecule has 6 heteroatoms. The van der Waals surface area contributed by atoms with E-state index in [9.17, 15) is 14.7 Å². The SMILES string of the molecule is CN1CCC(N(C)C(=O)C(O)C(C(N)=O)c2ccccc2)CC1. The maximum Gasteiger partial charge on any atom is 0.252 e. The molecule has 1 aromatic carbocycles. The smallest absolute Gasteiger partial charge is 0.252 e. The van der Waals surface area contributed by atoms with Crippen molar-refractivity contribution in [1.82, 2.24) is 9.80 Å². The third-order valence-corrected chi connectivity index (χ3v) is 4.62. The minimum atomic E-state index is -1.46. The monoisotopic (exact) mass is 319 g/mol. The molecule has 1 saturated heterocycles. The molecule has 1 fully saturated rings. The molecule has 1 heterocycles. The van der Waals surface area contributed by atoms with Crippen molar-refractivity contribution in [2.45, 2.75) is 30.9 Å². The van der Waals surface area contributed by atoms with Gasteiger partial charge in [-0.3, -0.25) is 9.59 Å². The van der Waals surface area contributed by atoms with Gasteiger partial charge < -0.3 is 20.6 Å². The molecule has 0 radical (unpaired) electrons. The molecule has 1 aromatic rings. The lowest BCUT2D eigenvalue weighted by atomic mass is 9.91. The summed E-state index contributed by atoms with van der Waals surface area (Å²) in [6.07, 6.45) is 0.260. The van der Waals surface area contributed by atoms with Gasteiger partial charge in [0, 0.05) is 13.1 Å². The standard InChI is InChI=1S/C17H25N3O3/c1-19-10-8-13(9-11-19)20(2)17(23)15(21)14(16(18)22)12-6-4-3-5-7-12/h3-7,13-15,21H,8-11H2,1-2H3,(H2,18,22). The number of likely N-dealkylation sites (tertiary alicyclic amines) is 1. The van der Waals surface area contributed by atoms with E-state index >= 15 is 0 Å². The van der Waals surface area contributed by atoms with Gasteiger partial charge in [0.25, 0.3) is 5.91 Å². The number of carbonyl (C=O) groups is 2. The average molecular weight is 319 g/mol. The highest BCUT2D eigenvalue weighted by Gasteiger charge is 2.36. The molecule has 2 unspecified atom stereocenters. The van der Waals surface area contributed by atoms with Gasteiger partial charge in [0.15, 0.2) is 0 Å². The Morgan fingerprint density at radius 1 is 1.26 bits per heavy atom. The number of hydrogen-bond donors (Lipinski definition) is 2. The van der Waals surface area contributed by atoms with E-state index < -0.39 is 23.8 Å². The number of rotatable bonds is 5. The molecule has 1 aliphatic heterocycles. The van der Waals surface area contributed by atoms with E-state index in [1.807, 2.05) is 7.05 Å². The van der Waals surface area contributed by atoms with Crippen LogP contribution in [0.5, 0.6) is 0 Å². The number of benzene rings is 1. The van der Waals surface area contributed by atoms with Gasteiger partial charge in [0.2, 0.25) is 5.91 Å². The van der Waals surface area contributed by atoms with Crippen LogP contribution in [0.15, 0.2) is 30.3 Å². The molecule has 3 N–H and O–H groups in total. The van der Waals surface area contributed by atoms with Gasteiger partial charge in [-0.15, -0.1) is 0 Å². The highest BCUT2D eigenvalue weighted by Crippen LogP contribution is 2.23. The first-order valence-electron chi connectivity index (χ1n) is 7.89. The number of amides is 2. The van der Waals surface area contributed by atoms with E-state index in [0.717, 1.165) is 25.9 Å². The van der Waals surface area contributed by atoms with Gasteiger partial charge in [-0.2, -0.15) is 0 Å². The van der Waals surface area contributed by atoms with Crippen molar-refractivity contribution in [3.8, 4) is 0 Å². The van der Waals surface area contributed by atoms with Crippen LogP contribution in [0.4, 0.5) is 0 Å². The normalized spacial score (nSPS) is 19.1. The maximum absolute atomic E-state index is 12.6. The summed E-state index contributed by atoms with van der Waals surface area (Å²) in [5.74, 6) is -2.18. The van der Waals surface area contributed by atoms with Crippen LogP contribution in [0.1, 0.15) is 24.3 Å². The predicted octanol–water partition coefficient (Wildman–Crippen LogP) is 0.169. The summed E-state index contributed by atoms with van der Waals surface area (Å²) in [6, 6.07) is 8.79. The van der Waals surface area contributed by atoms with Crippen molar-refractivity contribution in [2.24, 2.45) is 5.73 Å². The van der Waals surface area contributed by atoms with E-state index in [0.29, 0.717) is 5.56 Å². The molecule has 0 spiro atoms. The van der Waals surface area contributed by atoms with E-state index in [-0.39, 0.29) is 6.04 Å². The molecule has 6 nitrogen and oxygen atoms in total. The molecule has 0 aliphatic carbocycles. The molecule has 2 rings (SSSR count). The number of aliphatic hydroxyl groups excluding tert-OH is 1. The summed E-state index contributed by atoms with van der Waals surface area (Å²) in [6.45, 7) is 1.83. The molecule has 2 atom stereocenters. The van der Waals surface area contributed by atoms with Gasteiger partial charge >= 0.3 is 0 Å². The fourth-order valence-electron chi connectivity index (χ4n) is 3.08. The molecular weight excluding hydrogens is 294 g/mol. The van der Waals surface area contributed by atoms with Crippen LogP contribution in [0.3, 0.4) is 0 Å². The summed E-state index contributed by atoms with van der Waals surface area (Å²) in [4.78, 5) is 28.1. The van der Waals surface area contributed by atoms with Gasteiger partial charge in [-0.1, -0.05) is 30.3 Å². The summed E-state index contributed by atoms with van der Waals surface area (Å²) < 4.78 is 0. The molecule has 23 heavy (non-hydrogen) atoms. The van der Waals surface area contributed by atoms with Crippen LogP contribution < -0.4 is 5.73 Å². The highest BCUT2D eigenvalue weighted by molar-refractivity contribution is 5.92. The van der Waals surface area contributed by atoms with Crippen LogP contribution in [-0.2, 0) is 9.59 Å². The Morgan fingerprint density at radius 2 is 1.83 bits per heavy atom. The molecule has 0 saturated carbocycles. The van der Waals surface area contributed by atoms with Crippen molar-refractivity contribution in [3.63, 3.8) is 0 Å². The number of nitrogens with two attached hydrogens (primary N) is 1. The summed E-state index contributed by atoms with van der Waals surface area (Å²) in [7, 11) is 3.73. The number of nitrogens with zero attached hydrogens (tertiary/aromatic N) is 2. The zero-order valence-electron chi connectivity index (χ0n) is 13.7. The Morgan fingerprint density at radius 3 is 2.35 bits per heavy atom. The second-order valence-electron chi connectivity index (χ2n) is 6.22. The second-order valence-corrected chi connectivity index (χ2v) is 6.22. The van der Waals surface area contributed by atoms with E-state index in [2.05, 4.69) is 4.90 Å². The molecule has 1 aliphatic rings. The van der Waals surface area contributed by atoms with Gasteiger partial charge in [-0.25, -0.2) is 0 Å². The van der Waals surface area contributed by atoms with Crippen LogP contribution in [0.25, 0.3) is 0 Å². The summed E-state index contributed by atoms with van der Waals surface area (Å²) in [5.41, 5.74) is 5.98. The van der Waals surface area contributed by atoms with Gasteiger partial charge in [0.05, 0.1) is 5.92 Å². The molecule has 2 amide bonds. The Hall–Kier alpha value is -1.92. The van der Waals surface area contributed by atoms with Crippen molar-refractivity contribution >= 4 is 11.8 Å². The fourth-order valence-corrected chi connectivity index (χ4v) is 3.08. The summed E-state index contributed by atoms with van der Waals surface area (Å²) >= 11 is 0. The lowest BCUT2D eigenvalue weighted by Crippen LogP contribution is -2.50. The van der Waals surface area contributed by atoms with E-state index in [1.54, 1.807) is 42.3 Å². The zero-order valence-corrected chi connectivity index (χ0v) is 13.7. The van der Waals surface area contributed by atoms with Crippen LogP contribution >= 0.6 is 0 Å². The van der Waals surface area contributed by atoms with Crippen molar-refractivity contribution in [3.05, 3.63) is 35.9 Å². The molecule has 126 valence electrons. The molecule has 0 aromatic heterocycles. The Labute approximate surface area is 136 Å². The number of hydrogen-bond acceptors (Lipinski definition) is 4. The average Bonchev–Trinajstić information content (AvgIpc) is 2.55. The lowest BCUT2D eigenvalue weighted by molar-refractivity contribution is -0.145. The first-order chi connectivity index (χ1) is 10.9. The quantitative estimate of drug-likeness (QED) is 0.810. The van der Waals surface area contributed by atoms with Gasteiger partial charge in [0.1, 0.15) is 6.10 Å². The van der Waals surface area contributed by atoms with Crippen molar-refractivity contribution < 1.29 is 14.7 Å². The van der Waals surface area contributed by atoms with E-state index in [4.69, 9.17) is 5.73 Å². The Kier molecular flexibility index (Phi) is 5.74. The fraction of sp³-hybridized carbons (Fsp3) is 0.529. The highest BCUT2D eigenvalue weighted by atomic mass is 16.3. The van der Waals surface area contributed by atoms with Crippen molar-refractivity contribution in [1.29, 1.82) is 0 Å². The number of primary amides is 1. The van der Waals surface area contributed by atoms with Gasteiger partial charge in [-0.05, 0) is 38.5 Å². The van der Waals surface area contributed by atoms with Crippen LogP contribution in [0, 0.1) is 0 Å². The zero-order chi connectivity index (χ0) is 17.0. The number of aliphatic hydroxyl groups is 1. The van der Waals surface area contributed by atoms with E-state index in [1.165, 1.54) is 0 Å². The molecule has 0 bridgehead atoms. The third-order valence-electron chi connectivity index (χ3n) is 4.62. The minimum absolute atomic E-state index is 0.0812. The predicted molar refractivity (Wildman–Crippen MR) is 87.7 cm³/mol. The minimum Gasteiger partial charge on any atom is -0.382 e. The topological polar surface area (TPSA) is 86.9 Å². The Balaban J connectivity index is 2.11. The first-order valence-corrected chi connectivity index (χ1v) is 7.89. The van der Waals surface area contributed by atoms with Crippen LogP contribution in [0.2, 0.25) is 0 Å². The number of piperidine rings is 1. The van der Waals surface area contributed by atoms with Crippen LogP contribution in [-0.4, -0.2) is 66.1 Å². The number of carbonyl (C=O) groups excluding carboxylic acids is 2. The third kappa shape index (κ3) is 4.09. The second kappa shape index (κ2) is 7.57. The maximum atomic E-state index is 12.6. The largest absolute Gasteiger partial charge is 0.382 e. The Bertz CT molecular complexity index is 541.